The Labute approximate surface area is 401 Å². The van der Waals surface area contributed by atoms with Gasteiger partial charge in [-0.3, -0.25) is 39.1 Å². The molecule has 5 amide bonds. The van der Waals surface area contributed by atoms with Crippen molar-refractivity contribution in [1.82, 2.24) is 30.0 Å². The molecule has 0 aliphatic carbocycles. The maximum atomic E-state index is 13.4. The van der Waals surface area contributed by atoms with Crippen LogP contribution in [0.3, 0.4) is 0 Å². The van der Waals surface area contributed by atoms with Crippen molar-refractivity contribution in [2.45, 2.75) is 87.4 Å². The van der Waals surface area contributed by atoms with Crippen molar-refractivity contribution in [3.63, 3.8) is 0 Å². The highest BCUT2D eigenvalue weighted by Crippen LogP contribution is 2.36. The Balaban J connectivity index is 0.756. The van der Waals surface area contributed by atoms with E-state index >= 15 is 0 Å². The van der Waals surface area contributed by atoms with Gasteiger partial charge in [-0.15, -0.1) is 0 Å². The number of fused-ring (bicyclic) bond motifs is 1. The summed E-state index contributed by atoms with van der Waals surface area (Å²) >= 11 is 6.46. The number of hydrogen-bond donors (Lipinski definition) is 4. The molecule has 4 N–H and O–H groups in total. The maximum Gasteiger partial charge on any atom is 0.264 e. The summed E-state index contributed by atoms with van der Waals surface area (Å²) in [7, 11) is -1.97. The second-order valence-corrected chi connectivity index (χ2v) is 20.5. The van der Waals surface area contributed by atoms with Crippen LogP contribution in [0.4, 0.5) is 34.5 Å². The number of unbranched alkanes of at least 4 members (excludes halogenated alkanes) is 2. The van der Waals surface area contributed by atoms with Crippen LogP contribution in [-0.2, 0) is 24.2 Å². The van der Waals surface area contributed by atoms with Crippen molar-refractivity contribution in [2.24, 2.45) is 0 Å². The lowest BCUT2D eigenvalue weighted by Crippen LogP contribution is -2.54. The van der Waals surface area contributed by atoms with Gasteiger partial charge in [0.25, 0.3) is 11.8 Å². The number of benzene rings is 3. The van der Waals surface area contributed by atoms with Crippen molar-refractivity contribution in [3.8, 4) is 5.75 Å². The van der Waals surface area contributed by atoms with Crippen molar-refractivity contribution in [3.05, 3.63) is 83.0 Å². The molecule has 4 aliphatic heterocycles. The summed E-state index contributed by atoms with van der Waals surface area (Å²) in [5, 5.41) is 11.4. The Bertz CT molecular complexity index is 2690. The Kier molecular flexibility index (Phi) is 14.8. The number of sulfone groups is 1. The molecule has 4 aliphatic rings. The molecule has 1 unspecified atom stereocenters. The highest BCUT2D eigenvalue weighted by molar-refractivity contribution is 7.92. The average molecular weight is 970 g/mol. The zero-order chi connectivity index (χ0) is 48.1. The molecule has 4 aromatic rings. The number of halogens is 1. The number of piperidine rings is 2. The molecular formula is C48H57ClN10O8S. The molecule has 8 rings (SSSR count). The van der Waals surface area contributed by atoms with Gasteiger partial charge in [0.2, 0.25) is 23.7 Å². The second kappa shape index (κ2) is 20.9. The number of carbonyl (C=O) groups excluding carboxylic acids is 5. The molecule has 68 heavy (non-hydrogen) atoms. The van der Waals surface area contributed by atoms with E-state index in [1.165, 1.54) is 6.20 Å². The Hall–Kier alpha value is -6.31. The third-order valence-corrected chi connectivity index (χ3v) is 15.6. The maximum absolute atomic E-state index is 13.4. The van der Waals surface area contributed by atoms with E-state index in [1.807, 2.05) is 23.1 Å². The van der Waals surface area contributed by atoms with E-state index in [0.717, 1.165) is 68.9 Å². The fourth-order valence-corrected chi connectivity index (χ4v) is 10.6. The summed E-state index contributed by atoms with van der Waals surface area (Å²) in [5.41, 5.74) is 3.05. The molecule has 0 bridgehead atoms. The van der Waals surface area contributed by atoms with Gasteiger partial charge in [0.05, 0.1) is 46.0 Å². The number of piperazine rings is 1. The fraction of sp³-hybridized carbons (Fsp3) is 0.438. The number of amides is 5. The van der Waals surface area contributed by atoms with Crippen molar-refractivity contribution < 1.29 is 37.1 Å². The van der Waals surface area contributed by atoms with E-state index in [0.29, 0.717) is 54.9 Å². The van der Waals surface area contributed by atoms with Gasteiger partial charge < -0.3 is 30.5 Å². The topological polar surface area (TPSA) is 216 Å². The second-order valence-electron chi connectivity index (χ2n) is 17.7. The van der Waals surface area contributed by atoms with E-state index in [2.05, 4.69) is 41.0 Å². The molecular weight excluding hydrogens is 912 g/mol. The predicted octanol–water partition coefficient (Wildman–Crippen LogP) is 5.99. The number of methoxy groups -OCH3 is 1. The Morgan fingerprint density at radius 3 is 2.35 bits per heavy atom. The molecule has 20 heteroatoms. The molecule has 3 fully saturated rings. The van der Waals surface area contributed by atoms with Crippen LogP contribution < -0.4 is 30.9 Å². The van der Waals surface area contributed by atoms with Crippen LogP contribution in [0.15, 0.2) is 71.8 Å². The van der Waals surface area contributed by atoms with Gasteiger partial charge in [-0.1, -0.05) is 36.2 Å². The van der Waals surface area contributed by atoms with Crippen LogP contribution >= 0.6 is 11.6 Å². The average Bonchev–Trinajstić information content (AvgIpc) is 3.59. The number of carbonyl (C=O) groups is 5. The number of nitrogens with one attached hydrogen (secondary N) is 4. The molecule has 18 nitrogen and oxygen atoms in total. The fourth-order valence-electron chi connectivity index (χ4n) is 9.26. The van der Waals surface area contributed by atoms with Crippen LogP contribution in [0.1, 0.15) is 85.9 Å². The quantitative estimate of drug-likeness (QED) is 0.0706. The first kappa shape index (κ1) is 48.2. The number of rotatable bonds is 17. The summed E-state index contributed by atoms with van der Waals surface area (Å²) in [6.07, 6.45) is 6.39. The zero-order valence-electron chi connectivity index (χ0n) is 38.4. The van der Waals surface area contributed by atoms with E-state index < -0.39 is 44.8 Å². The van der Waals surface area contributed by atoms with Gasteiger partial charge in [0, 0.05) is 82.1 Å². The highest BCUT2D eigenvalue weighted by atomic mass is 35.5. The van der Waals surface area contributed by atoms with Crippen molar-refractivity contribution in [2.75, 3.05) is 73.8 Å². The minimum Gasteiger partial charge on any atom is -0.494 e. The summed E-state index contributed by atoms with van der Waals surface area (Å²) in [4.78, 5) is 80.7. The summed E-state index contributed by atoms with van der Waals surface area (Å²) in [6.45, 7) is 8.66. The van der Waals surface area contributed by atoms with Gasteiger partial charge in [-0.2, -0.15) is 4.98 Å². The largest absolute Gasteiger partial charge is 0.494 e. The number of anilines is 6. The molecule has 1 atom stereocenters. The SMILES string of the molecule is COc1cc(N2CCC(N3CCN(C(=O)CCCCCNc4cccc5c4C(=O)N(C4CCC(=O)NC4=O)C5=O)CC3)CC2)ccc1Nc1ncc(Cl)c(Nc2ccccc2S(=O)(=O)C(C)C)n1. The van der Waals surface area contributed by atoms with Crippen molar-refractivity contribution >= 4 is 85.5 Å². The molecule has 0 radical (unpaired) electrons. The van der Waals surface area contributed by atoms with Gasteiger partial charge in [0.1, 0.15) is 16.8 Å². The van der Waals surface area contributed by atoms with Gasteiger partial charge in [-0.25, -0.2) is 13.4 Å². The highest BCUT2D eigenvalue weighted by Gasteiger charge is 2.45. The van der Waals surface area contributed by atoms with Gasteiger partial charge in [0.15, 0.2) is 15.7 Å². The van der Waals surface area contributed by atoms with E-state index in [-0.39, 0.29) is 51.6 Å². The van der Waals surface area contributed by atoms with Crippen LogP contribution in [0, 0.1) is 0 Å². The normalized spacial score (nSPS) is 18.2. The van der Waals surface area contributed by atoms with Crippen LogP contribution in [0.25, 0.3) is 0 Å². The first-order valence-electron chi connectivity index (χ1n) is 23.2. The Morgan fingerprint density at radius 1 is 0.868 bits per heavy atom. The number of aromatic nitrogens is 2. The minimum absolute atomic E-state index is 0.0625. The molecule has 3 aromatic carbocycles. The number of nitrogens with zero attached hydrogens (tertiary/aromatic N) is 6. The van der Waals surface area contributed by atoms with Crippen molar-refractivity contribution in [1.29, 1.82) is 0 Å². The number of ether oxygens (including phenoxy) is 1. The third-order valence-electron chi connectivity index (χ3n) is 13.1. The third kappa shape index (κ3) is 10.4. The van der Waals surface area contributed by atoms with Gasteiger partial charge >= 0.3 is 0 Å². The first-order valence-corrected chi connectivity index (χ1v) is 25.1. The smallest absolute Gasteiger partial charge is 0.264 e. The summed E-state index contributed by atoms with van der Waals surface area (Å²) in [6, 6.07) is 17.0. The minimum atomic E-state index is -3.58. The van der Waals surface area contributed by atoms with Gasteiger partial charge in [-0.05, 0) is 82.3 Å². The Morgan fingerprint density at radius 2 is 1.62 bits per heavy atom. The van der Waals surface area contributed by atoms with E-state index in [9.17, 15) is 32.4 Å². The summed E-state index contributed by atoms with van der Waals surface area (Å²) < 4.78 is 31.9. The number of hydrogen-bond acceptors (Lipinski definition) is 15. The lowest BCUT2D eigenvalue weighted by molar-refractivity contribution is -0.136. The zero-order valence-corrected chi connectivity index (χ0v) is 40.0. The van der Waals surface area contributed by atoms with Crippen LogP contribution in [0.2, 0.25) is 5.02 Å². The lowest BCUT2D eigenvalue weighted by Gasteiger charge is -2.43. The monoisotopic (exact) mass is 968 g/mol. The van der Waals surface area contributed by atoms with Crippen LogP contribution in [0.5, 0.6) is 5.75 Å². The molecule has 1 aromatic heterocycles. The lowest BCUT2D eigenvalue weighted by atomic mass is 10.0. The molecule has 0 spiro atoms. The molecule has 360 valence electrons. The molecule has 0 saturated carbocycles. The van der Waals surface area contributed by atoms with Crippen LogP contribution in [-0.4, -0.2) is 133 Å². The van der Waals surface area contributed by atoms with E-state index in [4.69, 9.17) is 16.3 Å². The standard InChI is InChI=1S/C48H57ClN10O8S/c1-30(2)68(65,66)40-13-7-6-11-36(40)52-44-34(49)29-51-48(55-44)53-35-16-15-32(28-39(35)67-3)56-22-19-31(20-23-56)57-24-26-58(27-25-57)42(61)14-5-4-8-21-50-37-12-9-10-33-43(37)47(64)59(46(33)63)38-17-18-41(60)54-45(38)62/h6-7,9-13,15-16,28-31,38,50H,4-5,8,14,17-27H2,1-3H3,(H,54,60,62)(H2,51,52,53,55). The summed E-state index contributed by atoms with van der Waals surface area (Å²) in [5.74, 6) is -0.868. The number of para-hydroxylation sites is 1. The molecule has 3 saturated heterocycles. The van der Waals surface area contributed by atoms with E-state index in [1.54, 1.807) is 63.4 Å². The predicted molar refractivity (Wildman–Crippen MR) is 259 cm³/mol. The number of imide groups is 2. The molecule has 5 heterocycles. The first-order chi connectivity index (χ1) is 32.7.